The van der Waals surface area contributed by atoms with E-state index in [1.54, 1.807) is 11.9 Å². The molecular formula is C12H24N2O2. The smallest absolute Gasteiger partial charge is 0.242 e. The highest BCUT2D eigenvalue weighted by molar-refractivity contribution is 5.86. The van der Waals surface area contributed by atoms with E-state index in [0.29, 0.717) is 0 Å². The maximum atomic E-state index is 12.4. The lowest BCUT2D eigenvalue weighted by atomic mass is 9.88. The number of piperidine rings is 1. The zero-order chi connectivity index (χ0) is 12.4. The van der Waals surface area contributed by atoms with E-state index in [2.05, 4.69) is 5.32 Å². The summed E-state index contributed by atoms with van der Waals surface area (Å²) in [7, 11) is 1.76. The number of carbonyl (C=O) groups excluding carboxylic acids is 1. The lowest BCUT2D eigenvalue weighted by Crippen LogP contribution is -2.61. The van der Waals surface area contributed by atoms with Crippen LogP contribution in [0.5, 0.6) is 0 Å². The average molecular weight is 228 g/mol. The Morgan fingerprint density at radius 3 is 2.56 bits per heavy atom. The number of likely N-dealkylation sites (N-methyl/N-ethyl adjacent to an activating group) is 1. The van der Waals surface area contributed by atoms with Crippen LogP contribution in [0.4, 0.5) is 0 Å². The molecule has 0 saturated carbocycles. The number of rotatable bonds is 3. The molecule has 1 heterocycles. The molecule has 94 valence electrons. The van der Waals surface area contributed by atoms with E-state index in [4.69, 9.17) is 0 Å². The lowest BCUT2D eigenvalue weighted by Gasteiger charge is -2.42. The molecule has 0 aromatic carbocycles. The van der Waals surface area contributed by atoms with Crippen molar-refractivity contribution in [3.8, 4) is 0 Å². The number of hydrogen-bond acceptors (Lipinski definition) is 3. The van der Waals surface area contributed by atoms with Gasteiger partial charge in [-0.15, -0.1) is 0 Å². The highest BCUT2D eigenvalue weighted by atomic mass is 16.3. The third-order valence-electron chi connectivity index (χ3n) is 3.69. The van der Waals surface area contributed by atoms with Gasteiger partial charge in [0.15, 0.2) is 0 Å². The molecule has 16 heavy (non-hydrogen) atoms. The number of nitrogens with zero attached hydrogens (tertiary/aromatic N) is 1. The Balaban J connectivity index is 2.76. The molecule has 1 rings (SSSR count). The first-order chi connectivity index (χ1) is 7.33. The van der Waals surface area contributed by atoms with E-state index in [9.17, 15) is 9.90 Å². The van der Waals surface area contributed by atoms with Crippen LogP contribution < -0.4 is 5.32 Å². The standard InChI is InChI=1S/C12H24N2O2/c1-11(2,9-15)14(4)10(16)12(3)7-5-6-8-13-12/h13,15H,5-9H2,1-4H3. The molecule has 0 aromatic heterocycles. The lowest BCUT2D eigenvalue weighted by molar-refractivity contribution is -0.143. The first kappa shape index (κ1) is 13.5. The molecule has 1 fully saturated rings. The van der Waals surface area contributed by atoms with Crippen LogP contribution in [0.25, 0.3) is 0 Å². The summed E-state index contributed by atoms with van der Waals surface area (Å²) in [6.07, 6.45) is 3.09. The van der Waals surface area contributed by atoms with E-state index in [0.717, 1.165) is 25.8 Å². The Kier molecular flexibility index (Phi) is 3.97. The summed E-state index contributed by atoms with van der Waals surface area (Å²) in [6, 6.07) is 0. The van der Waals surface area contributed by atoms with Crippen LogP contribution in [0.1, 0.15) is 40.0 Å². The molecule has 0 aliphatic carbocycles. The maximum Gasteiger partial charge on any atom is 0.242 e. The molecule has 1 amide bonds. The molecule has 1 saturated heterocycles. The third-order valence-corrected chi connectivity index (χ3v) is 3.69. The van der Waals surface area contributed by atoms with E-state index in [1.807, 2.05) is 20.8 Å². The Morgan fingerprint density at radius 1 is 1.50 bits per heavy atom. The van der Waals surface area contributed by atoms with Crippen molar-refractivity contribution in [1.29, 1.82) is 0 Å². The molecule has 0 radical (unpaired) electrons. The van der Waals surface area contributed by atoms with Gasteiger partial charge in [-0.1, -0.05) is 0 Å². The first-order valence-electron chi connectivity index (χ1n) is 5.98. The number of amides is 1. The van der Waals surface area contributed by atoms with Gasteiger partial charge in [-0.05, 0) is 46.6 Å². The summed E-state index contributed by atoms with van der Waals surface area (Å²) < 4.78 is 0. The minimum Gasteiger partial charge on any atom is -0.394 e. The van der Waals surface area contributed by atoms with E-state index in [-0.39, 0.29) is 12.5 Å². The van der Waals surface area contributed by atoms with Crippen LogP contribution in [0.3, 0.4) is 0 Å². The zero-order valence-electron chi connectivity index (χ0n) is 10.8. The van der Waals surface area contributed by atoms with E-state index in [1.165, 1.54) is 0 Å². The average Bonchev–Trinajstić information content (AvgIpc) is 2.28. The van der Waals surface area contributed by atoms with Crippen molar-refractivity contribution < 1.29 is 9.90 Å². The van der Waals surface area contributed by atoms with Gasteiger partial charge in [0, 0.05) is 7.05 Å². The molecule has 0 spiro atoms. The second-order valence-electron chi connectivity index (χ2n) is 5.55. The SMILES string of the molecule is CN(C(=O)C1(C)CCCCN1)C(C)(C)CO. The van der Waals surface area contributed by atoms with Crippen molar-refractivity contribution >= 4 is 5.91 Å². The Hall–Kier alpha value is -0.610. The predicted molar refractivity (Wildman–Crippen MR) is 64.2 cm³/mol. The largest absolute Gasteiger partial charge is 0.394 e. The first-order valence-corrected chi connectivity index (χ1v) is 5.98. The molecular weight excluding hydrogens is 204 g/mol. The van der Waals surface area contributed by atoms with Gasteiger partial charge in [0.1, 0.15) is 0 Å². The number of aliphatic hydroxyl groups excluding tert-OH is 1. The summed E-state index contributed by atoms with van der Waals surface area (Å²) in [5.41, 5.74) is -0.960. The van der Waals surface area contributed by atoms with Crippen LogP contribution in [-0.2, 0) is 4.79 Å². The summed E-state index contributed by atoms with van der Waals surface area (Å²) in [5, 5.41) is 12.6. The minimum atomic E-state index is -0.501. The van der Waals surface area contributed by atoms with Gasteiger partial charge in [-0.25, -0.2) is 0 Å². The molecule has 1 unspecified atom stereocenters. The van der Waals surface area contributed by atoms with Crippen molar-refractivity contribution in [2.24, 2.45) is 0 Å². The van der Waals surface area contributed by atoms with Gasteiger partial charge in [0.25, 0.3) is 0 Å². The fraction of sp³-hybridized carbons (Fsp3) is 0.917. The summed E-state index contributed by atoms with van der Waals surface area (Å²) in [6.45, 7) is 6.58. The normalized spacial score (nSPS) is 26.6. The van der Waals surface area contributed by atoms with Crippen molar-refractivity contribution in [1.82, 2.24) is 10.2 Å². The quantitative estimate of drug-likeness (QED) is 0.749. The van der Waals surface area contributed by atoms with Crippen molar-refractivity contribution in [3.05, 3.63) is 0 Å². The minimum absolute atomic E-state index is 0.0225. The molecule has 1 aliphatic rings. The van der Waals surface area contributed by atoms with Gasteiger partial charge in [0.2, 0.25) is 5.91 Å². The summed E-state index contributed by atoms with van der Waals surface area (Å²) in [4.78, 5) is 14.0. The summed E-state index contributed by atoms with van der Waals surface area (Å²) >= 11 is 0. The number of hydrogen-bond donors (Lipinski definition) is 2. The Bertz CT molecular complexity index is 258. The fourth-order valence-corrected chi connectivity index (χ4v) is 1.99. The van der Waals surface area contributed by atoms with E-state index < -0.39 is 11.1 Å². The van der Waals surface area contributed by atoms with Gasteiger partial charge in [-0.3, -0.25) is 4.79 Å². The maximum absolute atomic E-state index is 12.4. The molecule has 0 bridgehead atoms. The van der Waals surface area contributed by atoms with Crippen molar-refractivity contribution in [2.75, 3.05) is 20.2 Å². The van der Waals surface area contributed by atoms with Gasteiger partial charge in [-0.2, -0.15) is 0 Å². The molecule has 1 atom stereocenters. The topological polar surface area (TPSA) is 52.6 Å². The zero-order valence-corrected chi connectivity index (χ0v) is 10.8. The monoisotopic (exact) mass is 228 g/mol. The number of carbonyl (C=O) groups is 1. The molecule has 2 N–H and O–H groups in total. The molecule has 4 nitrogen and oxygen atoms in total. The van der Waals surface area contributed by atoms with Gasteiger partial charge in [0.05, 0.1) is 17.7 Å². The number of aliphatic hydroxyl groups is 1. The highest BCUT2D eigenvalue weighted by Crippen LogP contribution is 2.24. The summed E-state index contributed by atoms with van der Waals surface area (Å²) in [5.74, 6) is 0.0752. The second kappa shape index (κ2) is 4.72. The Morgan fingerprint density at radius 2 is 2.12 bits per heavy atom. The van der Waals surface area contributed by atoms with Crippen LogP contribution in [0.15, 0.2) is 0 Å². The number of nitrogens with one attached hydrogen (secondary N) is 1. The Labute approximate surface area is 98.0 Å². The highest BCUT2D eigenvalue weighted by Gasteiger charge is 2.40. The van der Waals surface area contributed by atoms with E-state index >= 15 is 0 Å². The van der Waals surface area contributed by atoms with Crippen molar-refractivity contribution in [2.45, 2.75) is 51.1 Å². The van der Waals surface area contributed by atoms with Crippen LogP contribution >= 0.6 is 0 Å². The predicted octanol–water partition coefficient (Wildman–Crippen LogP) is 0.748. The molecule has 0 aromatic rings. The second-order valence-corrected chi connectivity index (χ2v) is 5.55. The fourth-order valence-electron chi connectivity index (χ4n) is 1.99. The molecule has 4 heteroatoms. The van der Waals surface area contributed by atoms with Crippen molar-refractivity contribution in [3.63, 3.8) is 0 Å². The van der Waals surface area contributed by atoms with Gasteiger partial charge < -0.3 is 15.3 Å². The van der Waals surface area contributed by atoms with Gasteiger partial charge >= 0.3 is 0 Å². The van der Waals surface area contributed by atoms with Crippen LogP contribution in [-0.4, -0.2) is 47.2 Å². The van der Waals surface area contributed by atoms with Crippen LogP contribution in [0, 0.1) is 0 Å². The molecule has 1 aliphatic heterocycles. The van der Waals surface area contributed by atoms with Crippen LogP contribution in [0.2, 0.25) is 0 Å². The third kappa shape index (κ3) is 2.55.